The lowest BCUT2D eigenvalue weighted by Crippen LogP contribution is -2.17. The zero-order valence-corrected chi connectivity index (χ0v) is 11.5. The number of ether oxygens (including phenoxy) is 3. The number of halogens is 1. The molecule has 1 saturated heterocycles. The number of benzene rings is 1. The first-order chi connectivity index (χ1) is 9.67. The van der Waals surface area contributed by atoms with Crippen LogP contribution in [0.15, 0.2) is 17.0 Å². The van der Waals surface area contributed by atoms with Gasteiger partial charge in [0, 0.05) is 11.6 Å². The summed E-state index contributed by atoms with van der Waals surface area (Å²) < 4.78 is 15.8. The average Bonchev–Trinajstić information content (AvgIpc) is 2.97. The van der Waals surface area contributed by atoms with E-state index in [0.29, 0.717) is 22.8 Å². The van der Waals surface area contributed by atoms with Gasteiger partial charge in [-0.25, -0.2) is 0 Å². The van der Waals surface area contributed by atoms with Gasteiger partial charge >= 0.3 is 0 Å². The van der Waals surface area contributed by atoms with Crippen LogP contribution in [-0.4, -0.2) is 24.0 Å². The minimum absolute atomic E-state index is 0.0475. The molecule has 2 aliphatic heterocycles. The standard InChI is InChI=1S/C12H8ClNO5S/c13-4-17-7-3-9-8(18-5-19-9)1-6(7)2-10-11(15)14-12(16)20-10/h1-3H,4-5H2,(H,14,15,16)/b10-2-. The van der Waals surface area contributed by atoms with Crippen molar-refractivity contribution in [2.24, 2.45) is 0 Å². The second-order valence-corrected chi connectivity index (χ2v) is 5.08. The third kappa shape index (κ3) is 2.41. The Bertz CT molecular complexity index is 631. The smallest absolute Gasteiger partial charge is 0.290 e. The van der Waals surface area contributed by atoms with Crippen LogP contribution in [0.3, 0.4) is 0 Å². The summed E-state index contributed by atoms with van der Waals surface area (Å²) in [6, 6.07) is 3.26. The van der Waals surface area contributed by atoms with Crippen molar-refractivity contribution < 1.29 is 23.8 Å². The number of carbonyl (C=O) groups excluding carboxylic acids is 2. The third-order valence-electron chi connectivity index (χ3n) is 2.64. The summed E-state index contributed by atoms with van der Waals surface area (Å²) in [7, 11) is 0. The molecule has 20 heavy (non-hydrogen) atoms. The highest BCUT2D eigenvalue weighted by Crippen LogP contribution is 2.40. The Kier molecular flexibility index (Phi) is 3.45. The first-order valence-electron chi connectivity index (χ1n) is 5.54. The minimum Gasteiger partial charge on any atom is -0.477 e. The maximum atomic E-state index is 11.5. The highest BCUT2D eigenvalue weighted by Gasteiger charge is 2.26. The minimum atomic E-state index is -0.436. The van der Waals surface area contributed by atoms with Gasteiger partial charge in [0.2, 0.25) is 6.79 Å². The maximum Gasteiger partial charge on any atom is 0.290 e. The van der Waals surface area contributed by atoms with Crippen molar-refractivity contribution in [1.82, 2.24) is 5.32 Å². The van der Waals surface area contributed by atoms with Crippen LogP contribution >= 0.6 is 23.4 Å². The molecule has 0 unspecified atom stereocenters. The van der Waals surface area contributed by atoms with Gasteiger partial charge in [0.15, 0.2) is 17.6 Å². The van der Waals surface area contributed by atoms with Gasteiger partial charge in [-0.2, -0.15) is 0 Å². The van der Waals surface area contributed by atoms with Crippen molar-refractivity contribution in [2.75, 3.05) is 12.9 Å². The van der Waals surface area contributed by atoms with Crippen molar-refractivity contribution >= 4 is 40.6 Å². The Hall–Kier alpha value is -1.86. The van der Waals surface area contributed by atoms with Crippen LogP contribution in [0.2, 0.25) is 0 Å². The largest absolute Gasteiger partial charge is 0.477 e. The lowest BCUT2D eigenvalue weighted by atomic mass is 10.1. The predicted molar refractivity (Wildman–Crippen MR) is 73.0 cm³/mol. The molecule has 1 aromatic rings. The molecule has 0 aliphatic carbocycles. The Morgan fingerprint density at radius 2 is 2.10 bits per heavy atom. The van der Waals surface area contributed by atoms with Crippen LogP contribution in [0.25, 0.3) is 6.08 Å². The average molecular weight is 314 g/mol. The quantitative estimate of drug-likeness (QED) is 0.682. The number of thioether (sulfide) groups is 1. The van der Waals surface area contributed by atoms with E-state index in [4.69, 9.17) is 25.8 Å². The highest BCUT2D eigenvalue weighted by molar-refractivity contribution is 8.18. The lowest BCUT2D eigenvalue weighted by Gasteiger charge is -2.08. The van der Waals surface area contributed by atoms with Crippen LogP contribution in [0.5, 0.6) is 17.2 Å². The SMILES string of the molecule is O=C1NC(=O)/C(=C/c2cc3c(cc2OCCl)OCO3)S1. The van der Waals surface area contributed by atoms with Gasteiger partial charge < -0.3 is 14.2 Å². The summed E-state index contributed by atoms with van der Waals surface area (Å²) in [6.07, 6.45) is 1.55. The van der Waals surface area contributed by atoms with Gasteiger partial charge in [-0.15, -0.1) is 0 Å². The number of alkyl halides is 1. The molecule has 1 aromatic carbocycles. The molecule has 0 saturated carbocycles. The van der Waals surface area contributed by atoms with E-state index >= 15 is 0 Å². The second-order valence-electron chi connectivity index (χ2n) is 3.85. The molecule has 1 fully saturated rings. The topological polar surface area (TPSA) is 73.9 Å². The number of hydrogen-bond acceptors (Lipinski definition) is 6. The van der Waals surface area contributed by atoms with Gasteiger partial charge in [0.05, 0.1) is 4.91 Å². The summed E-state index contributed by atoms with van der Waals surface area (Å²) in [5.41, 5.74) is 0.585. The third-order valence-corrected chi connectivity index (χ3v) is 3.56. The van der Waals surface area contributed by atoms with Crippen molar-refractivity contribution in [2.45, 2.75) is 0 Å². The van der Waals surface area contributed by atoms with E-state index in [0.717, 1.165) is 11.8 Å². The summed E-state index contributed by atoms with van der Waals surface area (Å²) in [4.78, 5) is 23.0. The Balaban J connectivity index is 2.01. The van der Waals surface area contributed by atoms with Crippen LogP contribution in [-0.2, 0) is 4.79 Å². The van der Waals surface area contributed by atoms with Crippen molar-refractivity contribution in [3.8, 4) is 17.2 Å². The number of amides is 2. The Labute approximate surface area is 123 Å². The van der Waals surface area contributed by atoms with Gasteiger partial charge in [0.25, 0.3) is 11.1 Å². The first-order valence-corrected chi connectivity index (χ1v) is 6.90. The van der Waals surface area contributed by atoms with Gasteiger partial charge in [0.1, 0.15) is 5.75 Å². The fourth-order valence-electron chi connectivity index (χ4n) is 1.80. The zero-order chi connectivity index (χ0) is 14.1. The van der Waals surface area contributed by atoms with E-state index in [-0.39, 0.29) is 17.8 Å². The number of nitrogens with one attached hydrogen (secondary N) is 1. The molecule has 104 valence electrons. The molecule has 0 atom stereocenters. The van der Waals surface area contributed by atoms with Crippen LogP contribution in [0.4, 0.5) is 4.79 Å². The van der Waals surface area contributed by atoms with E-state index in [1.165, 1.54) is 0 Å². The van der Waals surface area contributed by atoms with Gasteiger partial charge in [-0.3, -0.25) is 14.9 Å². The fourth-order valence-corrected chi connectivity index (χ4v) is 2.59. The number of imide groups is 1. The number of fused-ring (bicyclic) bond motifs is 1. The molecular formula is C12H8ClNO5S. The lowest BCUT2D eigenvalue weighted by molar-refractivity contribution is -0.115. The van der Waals surface area contributed by atoms with E-state index in [9.17, 15) is 9.59 Å². The van der Waals surface area contributed by atoms with E-state index in [2.05, 4.69) is 5.32 Å². The summed E-state index contributed by atoms with van der Waals surface area (Å²) in [5, 5.41) is 1.78. The second kappa shape index (κ2) is 5.26. The summed E-state index contributed by atoms with van der Waals surface area (Å²) in [5.74, 6) is 1.11. The van der Waals surface area contributed by atoms with Crippen LogP contribution in [0.1, 0.15) is 5.56 Å². The maximum absolute atomic E-state index is 11.5. The highest BCUT2D eigenvalue weighted by atomic mass is 35.5. The summed E-state index contributed by atoms with van der Waals surface area (Å²) in [6.45, 7) is 0.128. The molecule has 0 bridgehead atoms. The molecule has 0 spiro atoms. The molecular weight excluding hydrogens is 306 g/mol. The number of hydrogen-bond donors (Lipinski definition) is 1. The molecule has 8 heteroatoms. The van der Waals surface area contributed by atoms with E-state index in [1.54, 1.807) is 18.2 Å². The van der Waals surface area contributed by atoms with Crippen LogP contribution in [0, 0.1) is 0 Å². The Morgan fingerprint density at radius 1 is 1.35 bits per heavy atom. The van der Waals surface area contributed by atoms with Crippen molar-refractivity contribution in [3.63, 3.8) is 0 Å². The van der Waals surface area contributed by atoms with Crippen molar-refractivity contribution in [3.05, 3.63) is 22.6 Å². The fraction of sp³-hybridized carbons (Fsp3) is 0.167. The molecule has 2 heterocycles. The molecule has 0 radical (unpaired) electrons. The number of rotatable bonds is 3. The molecule has 2 aliphatic rings. The molecule has 1 N–H and O–H groups in total. The molecule has 0 aromatic heterocycles. The number of carbonyl (C=O) groups is 2. The van der Waals surface area contributed by atoms with Gasteiger partial charge in [-0.1, -0.05) is 11.6 Å². The van der Waals surface area contributed by atoms with Gasteiger partial charge in [-0.05, 0) is 23.9 Å². The zero-order valence-electron chi connectivity index (χ0n) is 9.97. The summed E-state index contributed by atoms with van der Waals surface area (Å²) >= 11 is 6.40. The Morgan fingerprint density at radius 3 is 2.75 bits per heavy atom. The predicted octanol–water partition coefficient (Wildman–Crippen LogP) is 2.31. The van der Waals surface area contributed by atoms with E-state index < -0.39 is 11.1 Å². The molecule has 2 amide bonds. The normalized spacial score (nSPS) is 18.6. The van der Waals surface area contributed by atoms with E-state index in [1.807, 2.05) is 0 Å². The molecule has 3 rings (SSSR count). The van der Waals surface area contributed by atoms with Crippen LogP contribution < -0.4 is 19.5 Å². The van der Waals surface area contributed by atoms with Crippen molar-refractivity contribution in [1.29, 1.82) is 0 Å². The molecule has 6 nitrogen and oxygen atoms in total. The monoisotopic (exact) mass is 313 g/mol. The first kappa shape index (κ1) is 13.1.